The Kier molecular flexibility index (Phi) is 5.82. The first-order valence-electron chi connectivity index (χ1n) is 7.79. The smallest absolute Gasteiger partial charge is 0.163 e. The molecule has 0 N–H and O–H groups in total. The van der Waals surface area contributed by atoms with E-state index >= 15 is 0 Å². The van der Waals surface area contributed by atoms with Gasteiger partial charge in [0.25, 0.3) is 0 Å². The first-order chi connectivity index (χ1) is 9.44. The molecule has 0 unspecified atom stereocenters. The van der Waals surface area contributed by atoms with E-state index in [1.165, 1.54) is 0 Å². The van der Waals surface area contributed by atoms with Crippen molar-refractivity contribution in [1.82, 2.24) is 0 Å². The van der Waals surface area contributed by atoms with Gasteiger partial charge in [0.1, 0.15) is 13.9 Å². The number of Topliss-reactive ketones (excluding diaryl/α,β-unsaturated/α-hetero) is 1. The lowest BCUT2D eigenvalue weighted by Gasteiger charge is -2.42. The van der Waals surface area contributed by atoms with Gasteiger partial charge >= 0.3 is 0 Å². The second-order valence-corrected chi connectivity index (χ2v) is 12.6. The van der Waals surface area contributed by atoms with Gasteiger partial charge in [-0.3, -0.25) is 4.79 Å². The monoisotopic (exact) mass is 310 g/mol. The Balaban J connectivity index is 2.60. The van der Waals surface area contributed by atoms with E-state index in [9.17, 15) is 4.79 Å². The van der Waals surface area contributed by atoms with Gasteiger partial charge in [-0.15, -0.1) is 11.5 Å². The van der Waals surface area contributed by atoms with Crippen LogP contribution in [0.3, 0.4) is 0 Å². The number of hydrogen-bond donors (Lipinski definition) is 0. The summed E-state index contributed by atoms with van der Waals surface area (Å²) in [6.07, 6.45) is 1.84. The van der Waals surface area contributed by atoms with Crippen molar-refractivity contribution in [3.8, 4) is 11.5 Å². The van der Waals surface area contributed by atoms with Crippen LogP contribution in [0.15, 0.2) is 0 Å². The van der Waals surface area contributed by atoms with Crippen molar-refractivity contribution in [3.05, 3.63) is 0 Å². The molecule has 0 bridgehead atoms. The summed E-state index contributed by atoms with van der Waals surface area (Å²) in [5, 5.41) is 0. The summed E-state index contributed by atoms with van der Waals surface area (Å²) < 4.78 is 11.5. The van der Waals surface area contributed by atoms with Crippen LogP contribution in [0.25, 0.3) is 0 Å². The van der Waals surface area contributed by atoms with Crippen molar-refractivity contribution in [2.45, 2.75) is 78.5 Å². The van der Waals surface area contributed by atoms with Gasteiger partial charge in [-0.2, -0.15) is 0 Å². The van der Waals surface area contributed by atoms with Gasteiger partial charge < -0.3 is 9.47 Å². The molecule has 0 aliphatic carbocycles. The maximum absolute atomic E-state index is 12.5. The molecule has 4 heteroatoms. The molecule has 21 heavy (non-hydrogen) atoms. The van der Waals surface area contributed by atoms with E-state index in [2.05, 4.69) is 31.1 Å². The number of ketones is 1. The number of ether oxygens (including phenoxy) is 2. The van der Waals surface area contributed by atoms with Gasteiger partial charge in [0, 0.05) is 18.3 Å². The van der Waals surface area contributed by atoms with Gasteiger partial charge in [-0.1, -0.05) is 33.5 Å². The molecule has 0 aromatic carbocycles. The average molecular weight is 311 g/mol. The summed E-state index contributed by atoms with van der Waals surface area (Å²) in [7, 11) is -1.34. The quantitative estimate of drug-likeness (QED) is 0.585. The molecular weight excluding hydrogens is 280 g/mol. The average Bonchev–Trinajstić information content (AvgIpc) is 2.31. The molecule has 120 valence electrons. The van der Waals surface area contributed by atoms with E-state index in [1.54, 1.807) is 0 Å². The Bertz CT molecular complexity index is 435. The predicted octanol–water partition coefficient (Wildman–Crippen LogP) is 3.78. The molecule has 0 spiro atoms. The van der Waals surface area contributed by atoms with Crippen LogP contribution in [0, 0.1) is 16.9 Å². The van der Waals surface area contributed by atoms with E-state index in [-0.39, 0.29) is 11.9 Å². The molecule has 0 radical (unpaired) electrons. The Hall–Kier alpha value is -0.633. The van der Waals surface area contributed by atoms with Crippen LogP contribution in [0.2, 0.25) is 19.6 Å². The van der Waals surface area contributed by atoms with Crippen LogP contribution in [0.5, 0.6) is 0 Å². The molecule has 0 amide bonds. The molecule has 1 aliphatic heterocycles. The Morgan fingerprint density at radius 2 is 1.95 bits per heavy atom. The molecule has 1 aliphatic rings. The van der Waals surface area contributed by atoms with Crippen LogP contribution in [-0.4, -0.2) is 32.4 Å². The normalized spacial score (nSPS) is 22.3. The maximum Gasteiger partial charge on any atom is 0.163 e. The Morgan fingerprint density at radius 3 is 2.48 bits per heavy atom. The van der Waals surface area contributed by atoms with Crippen LogP contribution < -0.4 is 0 Å². The second kappa shape index (κ2) is 6.64. The van der Waals surface area contributed by atoms with Crippen LogP contribution in [0.4, 0.5) is 0 Å². The van der Waals surface area contributed by atoms with Gasteiger partial charge in [-0.05, 0) is 20.3 Å². The molecule has 1 atom stereocenters. The van der Waals surface area contributed by atoms with Gasteiger partial charge in [0.15, 0.2) is 5.79 Å². The fourth-order valence-electron chi connectivity index (χ4n) is 2.36. The predicted molar refractivity (Wildman–Crippen MR) is 88.7 cm³/mol. The van der Waals surface area contributed by atoms with Crippen molar-refractivity contribution >= 4 is 13.9 Å². The topological polar surface area (TPSA) is 35.5 Å². The van der Waals surface area contributed by atoms with Crippen molar-refractivity contribution in [3.63, 3.8) is 0 Å². The third-order valence-corrected chi connectivity index (χ3v) is 4.65. The van der Waals surface area contributed by atoms with Gasteiger partial charge in [0.2, 0.25) is 0 Å². The Labute approximate surface area is 130 Å². The highest BCUT2D eigenvalue weighted by Crippen LogP contribution is 2.35. The standard InChI is InChI=1S/C17H30O3Si/c1-16(2,15-11-12-19-17(3,4)20-15)14(18)10-8-9-13-21(5,6)7/h15H,8,10-12H2,1-7H3/t15-/m0/s1. The first kappa shape index (κ1) is 18.4. The second-order valence-electron chi connectivity index (χ2n) is 7.84. The fourth-order valence-corrected chi connectivity index (χ4v) is 3.02. The molecule has 1 heterocycles. The lowest BCUT2D eigenvalue weighted by Crippen LogP contribution is -2.49. The van der Waals surface area contributed by atoms with Crippen molar-refractivity contribution in [2.24, 2.45) is 5.41 Å². The molecular formula is C17H30O3Si. The van der Waals surface area contributed by atoms with Crippen molar-refractivity contribution in [2.75, 3.05) is 6.61 Å². The highest BCUT2D eigenvalue weighted by molar-refractivity contribution is 6.83. The third-order valence-electron chi connectivity index (χ3n) is 3.72. The van der Waals surface area contributed by atoms with Crippen molar-refractivity contribution in [1.29, 1.82) is 0 Å². The summed E-state index contributed by atoms with van der Waals surface area (Å²) in [5.41, 5.74) is 2.82. The van der Waals surface area contributed by atoms with Crippen LogP contribution in [-0.2, 0) is 14.3 Å². The number of hydrogen-bond acceptors (Lipinski definition) is 3. The maximum atomic E-state index is 12.5. The van der Waals surface area contributed by atoms with E-state index in [4.69, 9.17) is 9.47 Å². The molecule has 3 nitrogen and oxygen atoms in total. The van der Waals surface area contributed by atoms with E-state index < -0.39 is 19.3 Å². The van der Waals surface area contributed by atoms with E-state index in [0.29, 0.717) is 19.4 Å². The summed E-state index contributed by atoms with van der Waals surface area (Å²) in [5.74, 6) is 2.81. The molecule has 1 fully saturated rings. The zero-order valence-electron chi connectivity index (χ0n) is 14.6. The summed E-state index contributed by atoms with van der Waals surface area (Å²) >= 11 is 0. The Morgan fingerprint density at radius 1 is 1.33 bits per heavy atom. The van der Waals surface area contributed by atoms with Gasteiger partial charge in [-0.25, -0.2) is 0 Å². The van der Waals surface area contributed by atoms with Gasteiger partial charge in [0.05, 0.1) is 12.7 Å². The van der Waals surface area contributed by atoms with Crippen LogP contribution >= 0.6 is 0 Å². The third kappa shape index (κ3) is 5.94. The number of rotatable bonds is 4. The molecule has 0 aromatic heterocycles. The number of carbonyl (C=O) groups is 1. The summed E-state index contributed by atoms with van der Waals surface area (Å²) in [6.45, 7) is 15.0. The largest absolute Gasteiger partial charge is 0.350 e. The minimum Gasteiger partial charge on any atom is -0.350 e. The fraction of sp³-hybridized carbons (Fsp3) is 0.824. The zero-order chi connectivity index (χ0) is 16.3. The minimum atomic E-state index is -1.34. The van der Waals surface area contributed by atoms with Crippen LogP contribution in [0.1, 0.15) is 47.0 Å². The molecule has 0 aromatic rings. The summed E-state index contributed by atoms with van der Waals surface area (Å²) in [6, 6.07) is 0. The lowest BCUT2D eigenvalue weighted by atomic mass is 9.78. The SMILES string of the molecule is CC1(C)OCC[C@@H](C(C)(C)C(=O)CCC#C[Si](C)(C)C)O1. The molecule has 1 rings (SSSR count). The first-order valence-corrected chi connectivity index (χ1v) is 11.3. The highest BCUT2D eigenvalue weighted by atomic mass is 28.3. The minimum absolute atomic E-state index is 0.0845. The molecule has 1 saturated heterocycles. The highest BCUT2D eigenvalue weighted by Gasteiger charge is 2.42. The van der Waals surface area contributed by atoms with Crippen molar-refractivity contribution < 1.29 is 14.3 Å². The van der Waals surface area contributed by atoms with E-state index in [1.807, 2.05) is 27.7 Å². The molecule has 0 saturated carbocycles. The number of carbonyl (C=O) groups excluding carboxylic acids is 1. The van der Waals surface area contributed by atoms with E-state index in [0.717, 1.165) is 6.42 Å². The summed E-state index contributed by atoms with van der Waals surface area (Å²) in [4.78, 5) is 12.5. The zero-order valence-corrected chi connectivity index (χ0v) is 15.6. The lowest BCUT2D eigenvalue weighted by molar-refractivity contribution is -0.288.